The minimum Gasteiger partial charge on any atom is -0.475 e. The Bertz CT molecular complexity index is 972. The minimum absolute atomic E-state index is 0.00342. The molecule has 24 heavy (non-hydrogen) atoms. The van der Waals surface area contributed by atoms with E-state index in [1.807, 2.05) is 0 Å². The predicted octanol–water partition coefficient (Wildman–Crippen LogP) is 2.74. The summed E-state index contributed by atoms with van der Waals surface area (Å²) in [5, 5.41) is 8.88. The van der Waals surface area contributed by atoms with Gasteiger partial charge < -0.3 is 13.9 Å². The number of carbonyl (C=O) groups is 1. The van der Waals surface area contributed by atoms with Gasteiger partial charge >= 0.3 is 5.97 Å². The van der Waals surface area contributed by atoms with Crippen LogP contribution in [0.5, 0.6) is 0 Å². The molecule has 9 heteroatoms. The largest absolute Gasteiger partial charge is 0.475 e. The summed E-state index contributed by atoms with van der Waals surface area (Å²) in [6.07, 6.45) is 2.95. The zero-order valence-corrected chi connectivity index (χ0v) is 13.2. The van der Waals surface area contributed by atoms with Crippen molar-refractivity contribution in [3.05, 3.63) is 54.3 Å². The van der Waals surface area contributed by atoms with Gasteiger partial charge in [0.05, 0.1) is 6.20 Å². The molecule has 0 saturated carbocycles. The number of carboxylic acid groups (broad SMARTS) is 1. The van der Waals surface area contributed by atoms with E-state index in [1.165, 1.54) is 19.4 Å². The van der Waals surface area contributed by atoms with Crippen molar-refractivity contribution in [1.29, 1.82) is 0 Å². The molecular weight excluding hydrogens is 336 g/mol. The normalized spacial score (nSPS) is 11.4. The second-order valence-corrected chi connectivity index (χ2v) is 6.51. The monoisotopic (exact) mass is 348 g/mol. The number of aromatic carboxylic acids is 1. The number of nitrogens with one attached hydrogen (secondary N) is 1. The van der Waals surface area contributed by atoms with Crippen LogP contribution in [0.4, 0.5) is 5.69 Å². The maximum Gasteiger partial charge on any atom is 0.371 e. The number of nitrogens with zero attached hydrogens (tertiary/aromatic N) is 1. The molecule has 2 heterocycles. The second-order valence-electron chi connectivity index (χ2n) is 4.86. The first-order valence-corrected chi connectivity index (χ1v) is 8.21. The maximum absolute atomic E-state index is 12.4. The lowest BCUT2D eigenvalue weighted by atomic mass is 10.2. The van der Waals surface area contributed by atoms with E-state index in [1.54, 1.807) is 24.3 Å². The summed E-state index contributed by atoms with van der Waals surface area (Å²) in [6.45, 7) is 1.38. The number of rotatable bonds is 5. The quantitative estimate of drug-likeness (QED) is 0.726. The van der Waals surface area contributed by atoms with E-state index in [0.29, 0.717) is 17.1 Å². The van der Waals surface area contributed by atoms with Gasteiger partial charge in [0.25, 0.3) is 10.0 Å². The van der Waals surface area contributed by atoms with Gasteiger partial charge in [0, 0.05) is 17.3 Å². The Kier molecular flexibility index (Phi) is 3.86. The summed E-state index contributed by atoms with van der Waals surface area (Å²) in [7, 11) is -3.97. The number of anilines is 1. The predicted molar refractivity (Wildman–Crippen MR) is 83.2 cm³/mol. The summed E-state index contributed by atoms with van der Waals surface area (Å²) < 4.78 is 37.2. The molecule has 0 fully saturated rings. The molecule has 0 aliphatic carbocycles. The van der Waals surface area contributed by atoms with Crippen molar-refractivity contribution in [3.8, 4) is 11.5 Å². The standard InChI is InChI=1S/C15H12N2O6S/c1-9-13(8-12(23-9)15(18)19)24(20,21)17-11-4-2-10(3-5-11)14-16-6-7-22-14/h2-8,17H,1H3,(H,18,19). The number of hydrogen-bond acceptors (Lipinski definition) is 6. The zero-order valence-electron chi connectivity index (χ0n) is 12.4. The molecule has 0 aliphatic heterocycles. The highest BCUT2D eigenvalue weighted by Gasteiger charge is 2.24. The van der Waals surface area contributed by atoms with Crippen LogP contribution in [0.15, 0.2) is 56.5 Å². The first-order valence-electron chi connectivity index (χ1n) is 6.73. The van der Waals surface area contributed by atoms with Crippen LogP contribution in [0, 0.1) is 6.92 Å². The van der Waals surface area contributed by atoms with Gasteiger partial charge in [-0.15, -0.1) is 0 Å². The number of aryl methyl sites for hydroxylation is 1. The molecule has 0 unspecified atom stereocenters. The lowest BCUT2D eigenvalue weighted by Crippen LogP contribution is -2.13. The van der Waals surface area contributed by atoms with E-state index in [0.717, 1.165) is 6.07 Å². The molecule has 3 rings (SSSR count). The van der Waals surface area contributed by atoms with E-state index in [4.69, 9.17) is 13.9 Å². The fourth-order valence-electron chi connectivity index (χ4n) is 2.09. The number of carboxylic acids is 1. The molecule has 0 radical (unpaired) electrons. The molecule has 124 valence electrons. The minimum atomic E-state index is -3.97. The van der Waals surface area contributed by atoms with E-state index < -0.39 is 21.8 Å². The molecule has 0 spiro atoms. The third-order valence-electron chi connectivity index (χ3n) is 3.19. The highest BCUT2D eigenvalue weighted by molar-refractivity contribution is 7.92. The highest BCUT2D eigenvalue weighted by atomic mass is 32.2. The third-order valence-corrected chi connectivity index (χ3v) is 4.68. The van der Waals surface area contributed by atoms with Crippen molar-refractivity contribution >= 4 is 21.7 Å². The SMILES string of the molecule is Cc1oc(C(=O)O)cc1S(=O)(=O)Nc1ccc(-c2ncco2)cc1. The molecule has 0 bridgehead atoms. The highest BCUT2D eigenvalue weighted by Crippen LogP contribution is 2.24. The summed E-state index contributed by atoms with van der Waals surface area (Å²) in [6, 6.07) is 7.36. The van der Waals surface area contributed by atoms with Crippen LogP contribution in [-0.4, -0.2) is 24.5 Å². The number of oxazole rings is 1. The number of benzene rings is 1. The Balaban J connectivity index is 1.86. The van der Waals surface area contributed by atoms with E-state index in [-0.39, 0.29) is 10.7 Å². The first-order chi connectivity index (χ1) is 11.4. The van der Waals surface area contributed by atoms with Gasteiger partial charge in [-0.2, -0.15) is 0 Å². The number of sulfonamides is 1. The van der Waals surface area contributed by atoms with Crippen LogP contribution in [0.1, 0.15) is 16.3 Å². The lowest BCUT2D eigenvalue weighted by molar-refractivity contribution is 0.0661. The number of furan rings is 1. The molecule has 0 saturated heterocycles. The van der Waals surface area contributed by atoms with Crippen molar-refractivity contribution < 1.29 is 27.2 Å². The third kappa shape index (κ3) is 3.01. The topological polar surface area (TPSA) is 123 Å². The molecule has 0 aliphatic rings. The van der Waals surface area contributed by atoms with Gasteiger partial charge in [0.15, 0.2) is 0 Å². The summed E-state index contributed by atoms with van der Waals surface area (Å²) in [4.78, 5) is 14.6. The Morgan fingerprint density at radius 3 is 2.50 bits per heavy atom. The Morgan fingerprint density at radius 2 is 1.96 bits per heavy atom. The van der Waals surface area contributed by atoms with Crippen LogP contribution in [0.2, 0.25) is 0 Å². The summed E-state index contributed by atoms with van der Waals surface area (Å²) in [5.41, 5.74) is 0.999. The lowest BCUT2D eigenvalue weighted by Gasteiger charge is -2.07. The van der Waals surface area contributed by atoms with Crippen molar-refractivity contribution in [1.82, 2.24) is 4.98 Å². The van der Waals surface area contributed by atoms with E-state index >= 15 is 0 Å². The van der Waals surface area contributed by atoms with Gasteiger partial charge in [-0.3, -0.25) is 4.72 Å². The average Bonchev–Trinajstić information content (AvgIpc) is 3.17. The van der Waals surface area contributed by atoms with Crippen LogP contribution in [0.3, 0.4) is 0 Å². The van der Waals surface area contributed by atoms with Crippen LogP contribution >= 0.6 is 0 Å². The van der Waals surface area contributed by atoms with Gasteiger partial charge in [-0.05, 0) is 31.2 Å². The fraction of sp³-hybridized carbons (Fsp3) is 0.0667. The van der Waals surface area contributed by atoms with Crippen LogP contribution in [-0.2, 0) is 10.0 Å². The van der Waals surface area contributed by atoms with E-state index in [9.17, 15) is 13.2 Å². The molecule has 0 amide bonds. The molecule has 2 aromatic heterocycles. The second kappa shape index (κ2) is 5.85. The van der Waals surface area contributed by atoms with Crippen molar-refractivity contribution in [2.75, 3.05) is 4.72 Å². The fourth-order valence-corrected chi connectivity index (χ4v) is 3.33. The molecule has 3 aromatic rings. The van der Waals surface area contributed by atoms with Crippen molar-refractivity contribution in [2.24, 2.45) is 0 Å². The van der Waals surface area contributed by atoms with Crippen molar-refractivity contribution in [2.45, 2.75) is 11.8 Å². The van der Waals surface area contributed by atoms with Crippen molar-refractivity contribution in [3.63, 3.8) is 0 Å². The number of aromatic nitrogens is 1. The van der Waals surface area contributed by atoms with Crippen LogP contribution < -0.4 is 4.72 Å². The zero-order chi connectivity index (χ0) is 17.3. The molecule has 8 nitrogen and oxygen atoms in total. The van der Waals surface area contributed by atoms with Gasteiger partial charge in [0.1, 0.15) is 16.9 Å². The molecule has 1 aromatic carbocycles. The first kappa shape index (κ1) is 15.8. The molecule has 0 atom stereocenters. The summed E-state index contributed by atoms with van der Waals surface area (Å²) in [5.74, 6) is -1.36. The smallest absolute Gasteiger partial charge is 0.371 e. The average molecular weight is 348 g/mol. The van der Waals surface area contributed by atoms with Gasteiger partial charge in [0.2, 0.25) is 11.7 Å². The number of hydrogen-bond donors (Lipinski definition) is 2. The Labute approximate surface area is 136 Å². The molecule has 2 N–H and O–H groups in total. The van der Waals surface area contributed by atoms with Gasteiger partial charge in [-0.1, -0.05) is 0 Å². The Morgan fingerprint density at radius 1 is 1.25 bits per heavy atom. The molecular formula is C15H12N2O6S. The maximum atomic E-state index is 12.4. The Hall–Kier alpha value is -3.07. The van der Waals surface area contributed by atoms with Crippen LogP contribution in [0.25, 0.3) is 11.5 Å². The van der Waals surface area contributed by atoms with Gasteiger partial charge in [-0.25, -0.2) is 18.2 Å². The van der Waals surface area contributed by atoms with E-state index in [2.05, 4.69) is 9.71 Å². The summed E-state index contributed by atoms with van der Waals surface area (Å²) >= 11 is 0.